The molecule has 21 heavy (non-hydrogen) atoms. The van der Waals surface area contributed by atoms with Crippen LogP contribution in [0.4, 0.5) is 5.82 Å². The second kappa shape index (κ2) is 6.53. The summed E-state index contributed by atoms with van der Waals surface area (Å²) in [6.07, 6.45) is 3.17. The third kappa shape index (κ3) is 3.49. The molecule has 2 aromatic rings. The lowest BCUT2D eigenvalue weighted by atomic mass is 10.3. The van der Waals surface area contributed by atoms with Gasteiger partial charge in [-0.15, -0.1) is 0 Å². The smallest absolute Gasteiger partial charge is 0.218 e. The zero-order chi connectivity index (χ0) is 14.5. The predicted octanol–water partition coefficient (Wildman–Crippen LogP) is 1.19. The summed E-state index contributed by atoms with van der Waals surface area (Å²) in [6.45, 7) is 7.20. The third-order valence-electron chi connectivity index (χ3n) is 3.49. The van der Waals surface area contributed by atoms with Gasteiger partial charge in [0.25, 0.3) is 0 Å². The van der Waals surface area contributed by atoms with E-state index < -0.39 is 0 Å². The lowest BCUT2D eigenvalue weighted by molar-refractivity contribution is 0.241. The monoisotopic (exact) mass is 289 g/mol. The Morgan fingerprint density at radius 2 is 2.10 bits per heavy atom. The Kier molecular flexibility index (Phi) is 4.30. The molecule has 1 saturated heterocycles. The summed E-state index contributed by atoms with van der Waals surface area (Å²) in [7, 11) is 0. The van der Waals surface area contributed by atoms with Crippen molar-refractivity contribution in [2.45, 2.75) is 13.5 Å². The number of ether oxygens (including phenoxy) is 1. The minimum absolute atomic E-state index is 0.613. The van der Waals surface area contributed by atoms with Gasteiger partial charge in [0.15, 0.2) is 0 Å². The number of aromatic nitrogens is 3. The largest absolute Gasteiger partial charge is 0.478 e. The van der Waals surface area contributed by atoms with Crippen LogP contribution in [0.25, 0.3) is 0 Å². The average Bonchev–Trinajstić information content (AvgIpc) is 3.02. The van der Waals surface area contributed by atoms with E-state index in [1.807, 2.05) is 19.1 Å². The van der Waals surface area contributed by atoms with Crippen LogP contribution in [0.1, 0.15) is 12.6 Å². The summed E-state index contributed by atoms with van der Waals surface area (Å²) in [4.78, 5) is 13.0. The molecule has 7 nitrogen and oxygen atoms in total. The molecule has 1 aliphatic heterocycles. The molecule has 0 unspecified atom stereocenters. The Bertz CT molecular complexity index is 552. The number of nitrogens with zero attached hydrogens (tertiary/aromatic N) is 5. The van der Waals surface area contributed by atoms with Crippen molar-refractivity contribution in [2.24, 2.45) is 0 Å². The van der Waals surface area contributed by atoms with Crippen LogP contribution in [0.3, 0.4) is 0 Å². The highest BCUT2D eigenvalue weighted by molar-refractivity contribution is 5.41. The van der Waals surface area contributed by atoms with Crippen LogP contribution >= 0.6 is 0 Å². The van der Waals surface area contributed by atoms with E-state index in [9.17, 15) is 0 Å². The van der Waals surface area contributed by atoms with E-state index in [1.54, 1.807) is 12.6 Å². The highest BCUT2D eigenvalue weighted by Gasteiger charge is 2.19. The van der Waals surface area contributed by atoms with Crippen LogP contribution in [0, 0.1) is 0 Å². The number of piperazine rings is 1. The van der Waals surface area contributed by atoms with Crippen molar-refractivity contribution in [3.8, 4) is 5.88 Å². The first kappa shape index (κ1) is 13.8. The fourth-order valence-corrected chi connectivity index (χ4v) is 2.41. The molecule has 0 amide bonds. The first-order valence-corrected chi connectivity index (χ1v) is 7.16. The zero-order valence-electron chi connectivity index (χ0n) is 12.1. The maximum atomic E-state index is 5.42. The molecule has 0 aromatic carbocycles. The topological polar surface area (TPSA) is 67.5 Å². The van der Waals surface area contributed by atoms with Gasteiger partial charge in [-0.3, -0.25) is 4.90 Å². The molecule has 0 N–H and O–H groups in total. The molecule has 0 saturated carbocycles. The summed E-state index contributed by atoms with van der Waals surface area (Å²) < 4.78 is 10.3. The van der Waals surface area contributed by atoms with Crippen LogP contribution in [0.15, 0.2) is 29.2 Å². The molecule has 3 heterocycles. The summed E-state index contributed by atoms with van der Waals surface area (Å²) in [6, 6.07) is 3.81. The second-order valence-electron chi connectivity index (χ2n) is 4.90. The van der Waals surface area contributed by atoms with Crippen LogP contribution in [-0.2, 0) is 6.54 Å². The Morgan fingerprint density at radius 3 is 2.81 bits per heavy atom. The van der Waals surface area contributed by atoms with Crippen molar-refractivity contribution in [3.63, 3.8) is 0 Å². The summed E-state index contributed by atoms with van der Waals surface area (Å²) >= 11 is 0. The van der Waals surface area contributed by atoms with E-state index in [0.29, 0.717) is 12.5 Å². The van der Waals surface area contributed by atoms with Gasteiger partial charge in [-0.05, 0) is 6.92 Å². The Balaban J connectivity index is 1.56. The van der Waals surface area contributed by atoms with Crippen molar-refractivity contribution in [3.05, 3.63) is 30.4 Å². The highest BCUT2D eigenvalue weighted by Crippen LogP contribution is 2.18. The van der Waals surface area contributed by atoms with Gasteiger partial charge in [-0.2, -0.15) is 0 Å². The van der Waals surface area contributed by atoms with Crippen LogP contribution < -0.4 is 9.64 Å². The van der Waals surface area contributed by atoms with Gasteiger partial charge >= 0.3 is 0 Å². The van der Waals surface area contributed by atoms with Gasteiger partial charge in [-0.1, -0.05) is 5.16 Å². The Hall–Kier alpha value is -2.15. The molecule has 0 radical (unpaired) electrons. The van der Waals surface area contributed by atoms with E-state index in [-0.39, 0.29) is 0 Å². The van der Waals surface area contributed by atoms with Crippen molar-refractivity contribution in [1.82, 2.24) is 20.0 Å². The fraction of sp³-hybridized carbons (Fsp3) is 0.500. The fourth-order valence-electron chi connectivity index (χ4n) is 2.41. The van der Waals surface area contributed by atoms with E-state index >= 15 is 0 Å². The predicted molar refractivity (Wildman–Crippen MR) is 77.2 cm³/mol. The minimum atomic E-state index is 0.613. The molecule has 7 heteroatoms. The molecule has 1 aliphatic rings. The van der Waals surface area contributed by atoms with Crippen molar-refractivity contribution in [2.75, 3.05) is 37.7 Å². The molecule has 0 aliphatic carbocycles. The molecule has 0 bridgehead atoms. The zero-order valence-corrected chi connectivity index (χ0v) is 12.1. The molecular formula is C14H19N5O2. The van der Waals surface area contributed by atoms with Crippen molar-refractivity contribution in [1.29, 1.82) is 0 Å². The first-order valence-electron chi connectivity index (χ1n) is 7.16. The summed E-state index contributed by atoms with van der Waals surface area (Å²) in [5.41, 5.74) is 0.976. The molecule has 1 fully saturated rings. The molecule has 112 valence electrons. The van der Waals surface area contributed by atoms with Gasteiger partial charge in [0.2, 0.25) is 5.88 Å². The Morgan fingerprint density at radius 1 is 1.24 bits per heavy atom. The Labute approximate surface area is 123 Å². The van der Waals surface area contributed by atoms with Gasteiger partial charge in [-0.25, -0.2) is 9.97 Å². The van der Waals surface area contributed by atoms with Crippen LogP contribution in [0.5, 0.6) is 5.88 Å². The van der Waals surface area contributed by atoms with Gasteiger partial charge in [0.1, 0.15) is 18.4 Å². The van der Waals surface area contributed by atoms with Gasteiger partial charge < -0.3 is 14.2 Å². The lowest BCUT2D eigenvalue weighted by Gasteiger charge is -2.34. The molecule has 0 spiro atoms. The molecule has 0 atom stereocenters. The summed E-state index contributed by atoms with van der Waals surface area (Å²) in [5.74, 6) is 1.56. The number of hydrogen-bond acceptors (Lipinski definition) is 7. The first-order chi connectivity index (χ1) is 10.3. The minimum Gasteiger partial charge on any atom is -0.478 e. The van der Waals surface area contributed by atoms with E-state index in [1.165, 1.54) is 0 Å². The molecule has 3 rings (SSSR count). The second-order valence-corrected chi connectivity index (χ2v) is 4.90. The van der Waals surface area contributed by atoms with Crippen LogP contribution in [-0.4, -0.2) is 52.8 Å². The van der Waals surface area contributed by atoms with Crippen molar-refractivity contribution < 1.29 is 9.26 Å². The number of rotatable bonds is 5. The van der Waals surface area contributed by atoms with Crippen molar-refractivity contribution >= 4 is 5.82 Å². The van der Waals surface area contributed by atoms with Crippen LogP contribution in [0.2, 0.25) is 0 Å². The number of hydrogen-bond donors (Lipinski definition) is 0. The average molecular weight is 289 g/mol. The normalized spacial score (nSPS) is 16.1. The van der Waals surface area contributed by atoms with Gasteiger partial charge in [0.05, 0.1) is 12.3 Å². The lowest BCUT2D eigenvalue weighted by Crippen LogP contribution is -2.46. The van der Waals surface area contributed by atoms with E-state index in [0.717, 1.165) is 44.2 Å². The summed E-state index contributed by atoms with van der Waals surface area (Å²) in [5, 5.41) is 3.95. The van der Waals surface area contributed by atoms with E-state index in [2.05, 4.69) is 24.9 Å². The number of anilines is 1. The van der Waals surface area contributed by atoms with Gasteiger partial charge in [0, 0.05) is 44.9 Å². The maximum absolute atomic E-state index is 5.42. The maximum Gasteiger partial charge on any atom is 0.218 e. The highest BCUT2D eigenvalue weighted by atomic mass is 16.5. The van der Waals surface area contributed by atoms with E-state index in [4.69, 9.17) is 9.26 Å². The SMILES string of the molecule is CCOc1cc(N2CCN(Cc3ccon3)CC2)ncn1. The third-order valence-corrected chi connectivity index (χ3v) is 3.49. The quantitative estimate of drug-likeness (QED) is 0.818. The molecular weight excluding hydrogens is 270 g/mol. The standard InChI is InChI=1S/C14H19N5O2/c1-2-20-14-9-13(15-11-16-14)19-6-4-18(5-7-19)10-12-3-8-21-17-12/h3,8-9,11H,2,4-7,10H2,1H3. The molecule has 2 aromatic heterocycles.